The maximum absolute atomic E-state index is 2.46. The van der Waals surface area contributed by atoms with Gasteiger partial charge >= 0.3 is 0 Å². The third-order valence-corrected chi connectivity index (χ3v) is 3.65. The highest BCUT2D eigenvalue weighted by molar-refractivity contribution is 5.13. The Hall–Kier alpha value is 0. The molecule has 0 aromatic heterocycles. The van der Waals surface area contributed by atoms with Crippen molar-refractivity contribution < 1.29 is 0 Å². The van der Waals surface area contributed by atoms with E-state index in [0.717, 1.165) is 23.2 Å². The zero-order valence-electron chi connectivity index (χ0n) is 6.65. The molecule has 0 aromatic rings. The van der Waals surface area contributed by atoms with Crippen LogP contribution in [0.25, 0.3) is 0 Å². The van der Waals surface area contributed by atoms with E-state index in [9.17, 15) is 0 Å². The molecule has 0 spiro atoms. The molecule has 0 amide bonds. The monoisotopic (exact) mass is 124 g/mol. The lowest BCUT2D eigenvalue weighted by Gasteiger charge is -2.36. The second-order valence-electron chi connectivity index (χ2n) is 4.49. The van der Waals surface area contributed by atoms with Gasteiger partial charge in [0.1, 0.15) is 0 Å². The summed E-state index contributed by atoms with van der Waals surface area (Å²) in [5, 5.41) is 0. The fourth-order valence-corrected chi connectivity index (χ4v) is 2.73. The molecule has 2 fully saturated rings. The molecule has 0 aromatic carbocycles. The average molecular weight is 124 g/mol. The summed E-state index contributed by atoms with van der Waals surface area (Å²) in [7, 11) is 0. The van der Waals surface area contributed by atoms with Crippen molar-refractivity contribution in [3.05, 3.63) is 0 Å². The van der Waals surface area contributed by atoms with Gasteiger partial charge in [0.25, 0.3) is 0 Å². The van der Waals surface area contributed by atoms with Crippen LogP contribution in [0.4, 0.5) is 0 Å². The molecule has 2 aliphatic carbocycles. The first-order chi connectivity index (χ1) is 4.14. The number of rotatable bonds is 1. The van der Waals surface area contributed by atoms with E-state index in [-0.39, 0.29) is 0 Å². The van der Waals surface area contributed by atoms with Crippen LogP contribution in [0.15, 0.2) is 0 Å². The fourth-order valence-electron chi connectivity index (χ4n) is 2.73. The molecule has 0 heterocycles. The van der Waals surface area contributed by atoms with Crippen molar-refractivity contribution in [2.24, 2.45) is 23.2 Å². The molecule has 0 heteroatoms. The van der Waals surface area contributed by atoms with Crippen LogP contribution in [0, 0.1) is 23.2 Å². The van der Waals surface area contributed by atoms with Gasteiger partial charge in [-0.15, -0.1) is 0 Å². The van der Waals surface area contributed by atoms with Gasteiger partial charge in [0.2, 0.25) is 0 Å². The number of hydrogen-bond donors (Lipinski definition) is 0. The summed E-state index contributed by atoms with van der Waals surface area (Å²) >= 11 is 0. The Balaban J connectivity index is 2.03. The van der Waals surface area contributed by atoms with Gasteiger partial charge in [-0.2, -0.15) is 0 Å². The van der Waals surface area contributed by atoms with Crippen LogP contribution in [-0.4, -0.2) is 0 Å². The summed E-state index contributed by atoms with van der Waals surface area (Å²) in [6, 6.07) is 0. The van der Waals surface area contributed by atoms with Crippen LogP contribution in [0.2, 0.25) is 0 Å². The molecular weight excluding hydrogens is 108 g/mol. The van der Waals surface area contributed by atoms with Gasteiger partial charge in [-0.3, -0.25) is 0 Å². The highest BCUT2D eigenvalue weighted by Gasteiger charge is 2.64. The van der Waals surface area contributed by atoms with Gasteiger partial charge in [0.15, 0.2) is 0 Å². The van der Waals surface area contributed by atoms with Crippen LogP contribution >= 0.6 is 0 Å². The molecule has 52 valence electrons. The van der Waals surface area contributed by atoms with E-state index in [4.69, 9.17) is 0 Å². The zero-order valence-corrected chi connectivity index (χ0v) is 6.65. The summed E-state index contributed by atoms with van der Waals surface area (Å²) in [5.74, 6) is 3.15. The van der Waals surface area contributed by atoms with Crippen LogP contribution in [0.3, 0.4) is 0 Å². The quantitative estimate of drug-likeness (QED) is 0.504. The molecule has 0 saturated heterocycles. The first kappa shape index (κ1) is 5.76. The Kier molecular flexibility index (Phi) is 0.868. The Labute approximate surface area is 57.6 Å². The first-order valence-electron chi connectivity index (χ1n) is 4.14. The van der Waals surface area contributed by atoms with Gasteiger partial charge in [0, 0.05) is 0 Å². The third kappa shape index (κ3) is 0.544. The summed E-state index contributed by atoms with van der Waals surface area (Å²) in [6.07, 6.45) is 3.07. The van der Waals surface area contributed by atoms with Crippen molar-refractivity contribution in [1.82, 2.24) is 0 Å². The predicted molar refractivity (Wildman–Crippen MR) is 39.2 cm³/mol. The van der Waals surface area contributed by atoms with Gasteiger partial charge < -0.3 is 0 Å². The fraction of sp³-hybridized carbons (Fsp3) is 1.00. The molecular formula is C9H16. The van der Waals surface area contributed by atoms with E-state index in [1.807, 2.05) is 0 Å². The van der Waals surface area contributed by atoms with E-state index in [0.29, 0.717) is 0 Å². The van der Waals surface area contributed by atoms with Gasteiger partial charge in [-0.1, -0.05) is 20.8 Å². The maximum atomic E-state index is 2.46. The molecule has 0 aliphatic heterocycles. The first-order valence-corrected chi connectivity index (χ1v) is 4.14. The van der Waals surface area contributed by atoms with Crippen molar-refractivity contribution in [2.75, 3.05) is 0 Å². The molecule has 3 atom stereocenters. The largest absolute Gasteiger partial charge is 0.0625 e. The lowest BCUT2D eigenvalue weighted by Crippen LogP contribution is -2.29. The van der Waals surface area contributed by atoms with Crippen molar-refractivity contribution in [3.8, 4) is 0 Å². The normalized spacial score (nSPS) is 54.7. The van der Waals surface area contributed by atoms with Crippen LogP contribution in [0.1, 0.15) is 33.6 Å². The van der Waals surface area contributed by atoms with E-state index in [1.165, 1.54) is 12.8 Å². The molecule has 0 radical (unpaired) electrons. The number of fused-ring (bicyclic) bond motifs is 1. The summed E-state index contributed by atoms with van der Waals surface area (Å²) < 4.78 is 0. The van der Waals surface area contributed by atoms with Crippen molar-refractivity contribution >= 4 is 0 Å². The summed E-state index contributed by atoms with van der Waals surface area (Å²) in [6.45, 7) is 7.20. The minimum absolute atomic E-state index is 0.828. The molecule has 9 heavy (non-hydrogen) atoms. The Morgan fingerprint density at radius 3 is 2.22 bits per heavy atom. The average Bonchev–Trinajstić information content (AvgIpc) is 2.18. The van der Waals surface area contributed by atoms with E-state index in [1.54, 1.807) is 0 Å². The highest BCUT2D eigenvalue weighted by atomic mass is 14.7. The Morgan fingerprint density at radius 2 is 2.11 bits per heavy atom. The lowest BCUT2D eigenvalue weighted by atomic mass is 9.68. The molecule has 3 unspecified atom stereocenters. The Bertz CT molecular complexity index is 137. The second-order valence-corrected chi connectivity index (χ2v) is 4.49. The van der Waals surface area contributed by atoms with Crippen LogP contribution in [-0.2, 0) is 0 Å². The summed E-state index contributed by atoms with van der Waals surface area (Å²) in [5.41, 5.74) is 0.828. The van der Waals surface area contributed by atoms with Crippen molar-refractivity contribution in [1.29, 1.82) is 0 Å². The highest BCUT2D eigenvalue weighted by Crippen LogP contribution is 2.72. The van der Waals surface area contributed by atoms with E-state index >= 15 is 0 Å². The van der Waals surface area contributed by atoms with Gasteiger partial charge in [-0.25, -0.2) is 0 Å². The van der Waals surface area contributed by atoms with Crippen molar-refractivity contribution in [3.63, 3.8) is 0 Å². The van der Waals surface area contributed by atoms with Crippen LogP contribution < -0.4 is 0 Å². The molecule has 0 N–H and O–H groups in total. The van der Waals surface area contributed by atoms with E-state index in [2.05, 4.69) is 20.8 Å². The second kappa shape index (κ2) is 1.36. The lowest BCUT2D eigenvalue weighted by molar-refractivity contribution is 0.123. The molecule has 0 nitrogen and oxygen atoms in total. The van der Waals surface area contributed by atoms with Gasteiger partial charge in [0.05, 0.1) is 0 Å². The molecule has 2 rings (SSSR count). The topological polar surface area (TPSA) is 0 Å². The van der Waals surface area contributed by atoms with Crippen molar-refractivity contribution in [2.45, 2.75) is 33.6 Å². The maximum Gasteiger partial charge on any atom is -0.0264 e. The van der Waals surface area contributed by atoms with Crippen LogP contribution in [0.5, 0.6) is 0 Å². The van der Waals surface area contributed by atoms with Gasteiger partial charge in [-0.05, 0) is 36.0 Å². The molecule has 0 bridgehead atoms. The smallest absolute Gasteiger partial charge is 0.0264 e. The minimum atomic E-state index is 0.828. The minimum Gasteiger partial charge on any atom is -0.0625 e. The molecule has 2 saturated carbocycles. The third-order valence-electron chi connectivity index (χ3n) is 3.65. The predicted octanol–water partition coefficient (Wildman–Crippen LogP) is 2.69. The standard InChI is InChI=1S/C9H16/c1-6(2)8-4-7-5-9(7,8)3/h6-8H,4-5H2,1-3H3. The Morgan fingerprint density at radius 1 is 1.44 bits per heavy atom. The zero-order chi connectivity index (χ0) is 6.65. The number of hydrogen-bond acceptors (Lipinski definition) is 0. The summed E-state index contributed by atoms with van der Waals surface area (Å²) in [4.78, 5) is 0. The SMILES string of the molecule is CC(C)C1CC2CC21C. The van der Waals surface area contributed by atoms with E-state index < -0.39 is 0 Å². The molecule has 2 aliphatic rings.